The third-order valence-corrected chi connectivity index (χ3v) is 5.51. The molecule has 1 aromatic carbocycles. The number of carbonyl (C=O) groups excluding carboxylic acids is 1. The molecule has 1 saturated heterocycles. The van der Waals surface area contributed by atoms with Gasteiger partial charge in [-0.15, -0.1) is 0 Å². The first-order valence-corrected chi connectivity index (χ1v) is 12.3. The summed E-state index contributed by atoms with van der Waals surface area (Å²) < 4.78 is 11.2. The molecule has 7 heteroatoms. The van der Waals surface area contributed by atoms with Crippen LogP contribution in [0.15, 0.2) is 35.1 Å². The van der Waals surface area contributed by atoms with Crippen LogP contribution in [-0.2, 0) is 11.3 Å². The number of rotatable bonds is 8. The molecule has 0 bridgehead atoms. The van der Waals surface area contributed by atoms with E-state index < -0.39 is 0 Å². The van der Waals surface area contributed by atoms with Crippen molar-refractivity contribution in [2.24, 2.45) is 4.99 Å². The SMILES string of the molecule is C=N/C=C(\C)N(CCN1CCC(NCc2ccc3c(c2)OCCO3)CC1)C(C)=O.CC.CC. The second-order valence-corrected chi connectivity index (χ2v) is 7.60. The van der Waals surface area contributed by atoms with E-state index in [0.29, 0.717) is 25.8 Å². The maximum absolute atomic E-state index is 11.9. The molecule has 0 atom stereocenters. The Balaban J connectivity index is 0.00000129. The lowest BCUT2D eigenvalue weighted by molar-refractivity contribution is -0.127. The molecule has 1 aromatic rings. The minimum atomic E-state index is 0.0402. The van der Waals surface area contributed by atoms with Crippen LogP contribution in [0.25, 0.3) is 0 Å². The first-order valence-electron chi connectivity index (χ1n) is 12.3. The van der Waals surface area contributed by atoms with Crippen molar-refractivity contribution in [3.63, 3.8) is 0 Å². The number of benzene rings is 1. The molecule has 0 spiro atoms. The lowest BCUT2D eigenvalue weighted by Gasteiger charge is -2.34. The molecule has 1 N–H and O–H groups in total. The first kappa shape index (κ1) is 28.7. The lowest BCUT2D eigenvalue weighted by Crippen LogP contribution is -2.45. The number of carbonyl (C=O) groups is 1. The zero-order chi connectivity index (χ0) is 24.6. The molecule has 0 unspecified atom stereocenters. The minimum Gasteiger partial charge on any atom is -0.486 e. The van der Waals surface area contributed by atoms with Gasteiger partial charge in [-0.05, 0) is 57.3 Å². The fourth-order valence-electron chi connectivity index (χ4n) is 3.85. The summed E-state index contributed by atoms with van der Waals surface area (Å²) in [4.78, 5) is 19.8. The molecule has 1 fully saturated rings. The van der Waals surface area contributed by atoms with Crippen LogP contribution in [0.1, 0.15) is 59.9 Å². The van der Waals surface area contributed by atoms with Gasteiger partial charge in [-0.2, -0.15) is 0 Å². The van der Waals surface area contributed by atoms with E-state index in [2.05, 4.69) is 34.1 Å². The second kappa shape index (κ2) is 16.3. The van der Waals surface area contributed by atoms with Gasteiger partial charge in [0.25, 0.3) is 0 Å². The first-order chi connectivity index (χ1) is 16.1. The van der Waals surface area contributed by atoms with E-state index >= 15 is 0 Å². The number of hydrogen-bond donors (Lipinski definition) is 1. The molecular weight excluding hydrogens is 416 g/mol. The molecule has 0 radical (unpaired) electrons. The van der Waals surface area contributed by atoms with E-state index in [9.17, 15) is 4.79 Å². The zero-order valence-corrected chi connectivity index (χ0v) is 21.5. The number of fused-ring (bicyclic) bond motifs is 1. The van der Waals surface area contributed by atoms with Gasteiger partial charge in [0, 0.05) is 44.5 Å². The number of piperidine rings is 1. The van der Waals surface area contributed by atoms with Gasteiger partial charge in [0.15, 0.2) is 11.5 Å². The molecular formula is C26H44N4O3. The van der Waals surface area contributed by atoms with Crippen molar-refractivity contribution in [2.45, 2.75) is 67.0 Å². The van der Waals surface area contributed by atoms with Crippen LogP contribution in [0.5, 0.6) is 11.5 Å². The Hall–Kier alpha value is -2.38. The summed E-state index contributed by atoms with van der Waals surface area (Å²) >= 11 is 0. The summed E-state index contributed by atoms with van der Waals surface area (Å²) in [5.41, 5.74) is 2.05. The third kappa shape index (κ3) is 9.56. The zero-order valence-electron chi connectivity index (χ0n) is 21.5. The van der Waals surface area contributed by atoms with E-state index in [1.54, 1.807) is 18.0 Å². The van der Waals surface area contributed by atoms with Crippen molar-refractivity contribution < 1.29 is 14.3 Å². The summed E-state index contributed by atoms with van der Waals surface area (Å²) in [5.74, 6) is 1.72. The number of amides is 1. The highest BCUT2D eigenvalue weighted by molar-refractivity contribution is 5.75. The summed E-state index contributed by atoms with van der Waals surface area (Å²) in [5, 5.41) is 3.67. The van der Waals surface area contributed by atoms with E-state index in [4.69, 9.17) is 9.47 Å². The van der Waals surface area contributed by atoms with Crippen molar-refractivity contribution >= 4 is 12.6 Å². The normalized spacial score (nSPS) is 16.0. The highest BCUT2D eigenvalue weighted by Crippen LogP contribution is 2.30. The van der Waals surface area contributed by atoms with Gasteiger partial charge in [-0.3, -0.25) is 9.79 Å². The number of ether oxygens (including phenoxy) is 2. The number of aliphatic imine (C=N–C) groups is 1. The molecule has 0 saturated carbocycles. The Bertz CT molecular complexity index is 743. The summed E-state index contributed by atoms with van der Waals surface area (Å²) in [7, 11) is 0. The van der Waals surface area contributed by atoms with Gasteiger partial charge in [0.1, 0.15) is 13.2 Å². The highest BCUT2D eigenvalue weighted by atomic mass is 16.6. The van der Waals surface area contributed by atoms with Gasteiger partial charge >= 0.3 is 0 Å². The predicted molar refractivity (Wildman–Crippen MR) is 137 cm³/mol. The quantitative estimate of drug-likeness (QED) is 0.580. The van der Waals surface area contributed by atoms with Crippen LogP contribution in [-0.4, -0.2) is 67.9 Å². The average molecular weight is 461 g/mol. The van der Waals surface area contributed by atoms with E-state index in [-0.39, 0.29) is 5.91 Å². The number of hydrogen-bond acceptors (Lipinski definition) is 6. The van der Waals surface area contributed by atoms with Gasteiger partial charge in [0.2, 0.25) is 5.91 Å². The van der Waals surface area contributed by atoms with Gasteiger partial charge in [-0.25, -0.2) is 0 Å². The standard InChI is InChI=1S/C22H32N4O3.2C2H6/c1-17(15-23-3)26(18(2)27)11-10-25-8-6-20(7-9-25)24-16-19-4-5-21-22(14-19)29-13-12-28-21;2*1-2/h4-5,14-15,20,24H,3,6-13,16H2,1-2H3;2*1-2H3/b17-15+;;. The average Bonchev–Trinajstić information content (AvgIpc) is 2.86. The second-order valence-electron chi connectivity index (χ2n) is 7.60. The molecule has 2 heterocycles. The molecule has 186 valence electrons. The van der Waals surface area contributed by atoms with Crippen molar-refractivity contribution in [1.82, 2.24) is 15.1 Å². The van der Waals surface area contributed by atoms with Crippen molar-refractivity contribution in [1.29, 1.82) is 0 Å². The fraction of sp³-hybridized carbons (Fsp3) is 0.615. The Kier molecular flexibility index (Phi) is 14.1. The smallest absolute Gasteiger partial charge is 0.223 e. The third-order valence-electron chi connectivity index (χ3n) is 5.51. The van der Waals surface area contributed by atoms with Gasteiger partial charge in [0.05, 0.1) is 0 Å². The van der Waals surface area contributed by atoms with Crippen LogP contribution in [0.2, 0.25) is 0 Å². The van der Waals surface area contributed by atoms with Crippen LogP contribution in [0.3, 0.4) is 0 Å². The maximum Gasteiger partial charge on any atom is 0.223 e. The Morgan fingerprint density at radius 1 is 1.15 bits per heavy atom. The van der Waals surface area contributed by atoms with Crippen LogP contribution < -0.4 is 14.8 Å². The molecule has 3 rings (SSSR count). The van der Waals surface area contributed by atoms with E-state index in [0.717, 1.165) is 56.2 Å². The minimum absolute atomic E-state index is 0.0402. The number of likely N-dealkylation sites (tertiary alicyclic amines) is 1. The number of nitrogens with zero attached hydrogens (tertiary/aromatic N) is 3. The van der Waals surface area contributed by atoms with Crippen molar-refractivity contribution in [3.05, 3.63) is 35.7 Å². The predicted octanol–water partition coefficient (Wildman–Crippen LogP) is 4.47. The largest absolute Gasteiger partial charge is 0.486 e. The van der Waals surface area contributed by atoms with Crippen molar-refractivity contribution in [2.75, 3.05) is 39.4 Å². The summed E-state index contributed by atoms with van der Waals surface area (Å²) in [6, 6.07) is 6.67. The fourth-order valence-corrected chi connectivity index (χ4v) is 3.85. The monoisotopic (exact) mass is 460 g/mol. The number of allylic oxidation sites excluding steroid dienone is 1. The summed E-state index contributed by atoms with van der Waals surface area (Å²) in [6.07, 6.45) is 3.84. The molecule has 33 heavy (non-hydrogen) atoms. The van der Waals surface area contributed by atoms with Crippen LogP contribution in [0, 0.1) is 0 Å². The van der Waals surface area contributed by atoms with Crippen LogP contribution in [0.4, 0.5) is 0 Å². The molecule has 2 aliphatic heterocycles. The van der Waals surface area contributed by atoms with Gasteiger partial charge in [-0.1, -0.05) is 33.8 Å². The van der Waals surface area contributed by atoms with Crippen molar-refractivity contribution in [3.8, 4) is 11.5 Å². The highest BCUT2D eigenvalue weighted by Gasteiger charge is 2.20. The topological polar surface area (TPSA) is 66.4 Å². The Labute approximate surface area is 200 Å². The maximum atomic E-state index is 11.9. The molecule has 7 nitrogen and oxygen atoms in total. The Morgan fingerprint density at radius 2 is 1.79 bits per heavy atom. The number of nitrogens with one attached hydrogen (secondary N) is 1. The van der Waals surface area contributed by atoms with E-state index in [1.807, 2.05) is 40.7 Å². The molecule has 0 aromatic heterocycles. The van der Waals surface area contributed by atoms with Gasteiger partial charge < -0.3 is 24.6 Å². The molecule has 1 amide bonds. The Morgan fingerprint density at radius 3 is 2.39 bits per heavy atom. The molecule has 2 aliphatic rings. The van der Waals surface area contributed by atoms with E-state index in [1.165, 1.54) is 5.56 Å². The lowest BCUT2D eigenvalue weighted by atomic mass is 10.0. The summed E-state index contributed by atoms with van der Waals surface area (Å²) in [6.45, 7) is 20.6. The molecule has 0 aliphatic carbocycles. The van der Waals surface area contributed by atoms with Crippen LogP contribution >= 0.6 is 0 Å².